The van der Waals surface area contributed by atoms with Gasteiger partial charge in [-0.1, -0.05) is 6.92 Å². The highest BCUT2D eigenvalue weighted by Gasteiger charge is 2.13. The third-order valence-corrected chi connectivity index (χ3v) is 5.11. The molecule has 0 unspecified atom stereocenters. The predicted octanol–water partition coefficient (Wildman–Crippen LogP) is 3.59. The Kier molecular flexibility index (Phi) is 10.2. The Morgan fingerprint density at radius 2 is 1.50 bits per heavy atom. The molecule has 0 heterocycles. The first-order chi connectivity index (χ1) is 18.4. The van der Waals surface area contributed by atoms with Gasteiger partial charge in [-0.25, -0.2) is 10.2 Å². The van der Waals surface area contributed by atoms with E-state index in [1.807, 2.05) is 6.92 Å². The lowest BCUT2D eigenvalue weighted by molar-refractivity contribution is -0.120. The fraction of sp³-hybridized carbons (Fsp3) is 0.214. The molecule has 0 radical (unpaired) electrons. The molecular formula is C28H29N3O7. The van der Waals surface area contributed by atoms with Gasteiger partial charge in [0.05, 0.1) is 39.1 Å². The number of esters is 1. The van der Waals surface area contributed by atoms with Crippen LogP contribution < -0.4 is 29.7 Å². The second-order valence-electron chi connectivity index (χ2n) is 7.88. The van der Waals surface area contributed by atoms with Gasteiger partial charge in [-0.2, -0.15) is 5.10 Å². The van der Waals surface area contributed by atoms with Gasteiger partial charge >= 0.3 is 5.97 Å². The van der Waals surface area contributed by atoms with Crippen molar-refractivity contribution in [3.63, 3.8) is 0 Å². The molecule has 38 heavy (non-hydrogen) atoms. The van der Waals surface area contributed by atoms with Crippen molar-refractivity contribution in [2.24, 2.45) is 5.10 Å². The van der Waals surface area contributed by atoms with Crippen LogP contribution in [-0.2, 0) is 4.79 Å². The summed E-state index contributed by atoms with van der Waals surface area (Å²) in [7, 11) is 2.99. The highest BCUT2D eigenvalue weighted by molar-refractivity contribution is 5.96. The highest BCUT2D eigenvalue weighted by Crippen LogP contribution is 2.28. The van der Waals surface area contributed by atoms with Gasteiger partial charge < -0.3 is 24.3 Å². The van der Waals surface area contributed by atoms with Gasteiger partial charge in [0, 0.05) is 5.56 Å². The first-order valence-electron chi connectivity index (χ1n) is 11.8. The number of carbonyl (C=O) groups is 3. The number of hydrogen-bond acceptors (Lipinski definition) is 8. The molecule has 198 valence electrons. The fourth-order valence-electron chi connectivity index (χ4n) is 3.15. The first kappa shape index (κ1) is 27.7. The zero-order valence-electron chi connectivity index (χ0n) is 21.4. The molecule has 0 saturated heterocycles. The van der Waals surface area contributed by atoms with E-state index in [9.17, 15) is 14.4 Å². The van der Waals surface area contributed by atoms with E-state index in [0.29, 0.717) is 46.3 Å². The van der Waals surface area contributed by atoms with Gasteiger partial charge in [0.1, 0.15) is 11.5 Å². The summed E-state index contributed by atoms with van der Waals surface area (Å²) in [5, 5.41) is 6.41. The number of methoxy groups -OCH3 is 2. The summed E-state index contributed by atoms with van der Waals surface area (Å²) in [5.74, 6) is 0.509. The van der Waals surface area contributed by atoms with Crippen LogP contribution in [0.4, 0.5) is 0 Å². The van der Waals surface area contributed by atoms with Crippen molar-refractivity contribution in [2.45, 2.75) is 13.3 Å². The number of ether oxygens (including phenoxy) is 4. The lowest BCUT2D eigenvalue weighted by atomic mass is 10.2. The number of nitrogens with zero attached hydrogens (tertiary/aromatic N) is 1. The van der Waals surface area contributed by atoms with Crippen molar-refractivity contribution in [2.75, 3.05) is 27.4 Å². The fourth-order valence-corrected chi connectivity index (χ4v) is 3.15. The largest absolute Gasteiger partial charge is 0.494 e. The van der Waals surface area contributed by atoms with Crippen LogP contribution in [0, 0.1) is 0 Å². The molecule has 0 atom stereocenters. The molecule has 10 heteroatoms. The normalized spacial score (nSPS) is 10.5. The Morgan fingerprint density at radius 1 is 0.842 bits per heavy atom. The minimum Gasteiger partial charge on any atom is -0.494 e. The Morgan fingerprint density at radius 3 is 2.16 bits per heavy atom. The maximum atomic E-state index is 12.4. The molecule has 0 bridgehead atoms. The van der Waals surface area contributed by atoms with E-state index < -0.39 is 11.9 Å². The summed E-state index contributed by atoms with van der Waals surface area (Å²) in [5.41, 5.74) is 3.73. The van der Waals surface area contributed by atoms with Crippen molar-refractivity contribution >= 4 is 24.0 Å². The van der Waals surface area contributed by atoms with E-state index in [0.717, 1.165) is 6.42 Å². The monoisotopic (exact) mass is 519 g/mol. The SMILES string of the molecule is CCCOc1ccc(C(=O)NCC(=O)NN=Cc2ccc(OC(=O)c3ccc(OC)c(OC)c3)cc2)cc1. The van der Waals surface area contributed by atoms with Crippen LogP contribution in [0.3, 0.4) is 0 Å². The van der Waals surface area contributed by atoms with Gasteiger partial charge in [0.25, 0.3) is 11.8 Å². The average Bonchev–Trinajstić information content (AvgIpc) is 2.95. The third kappa shape index (κ3) is 8.09. The Bertz CT molecular complexity index is 1270. The molecule has 10 nitrogen and oxygen atoms in total. The lowest BCUT2D eigenvalue weighted by Crippen LogP contribution is -2.34. The zero-order chi connectivity index (χ0) is 27.3. The van der Waals surface area contributed by atoms with Crippen LogP contribution >= 0.6 is 0 Å². The van der Waals surface area contributed by atoms with E-state index in [1.54, 1.807) is 60.7 Å². The molecule has 0 aliphatic rings. The van der Waals surface area contributed by atoms with Crippen molar-refractivity contribution in [1.29, 1.82) is 0 Å². The van der Waals surface area contributed by atoms with Crippen LogP contribution in [0.1, 0.15) is 39.6 Å². The van der Waals surface area contributed by atoms with Crippen molar-refractivity contribution in [3.05, 3.63) is 83.4 Å². The quantitative estimate of drug-likeness (QED) is 0.162. The summed E-state index contributed by atoms with van der Waals surface area (Å²) >= 11 is 0. The van der Waals surface area contributed by atoms with Gasteiger partial charge in [-0.3, -0.25) is 9.59 Å². The molecular weight excluding hydrogens is 490 g/mol. The van der Waals surface area contributed by atoms with E-state index in [1.165, 1.54) is 26.5 Å². The number of nitrogens with one attached hydrogen (secondary N) is 2. The van der Waals surface area contributed by atoms with Crippen molar-refractivity contribution in [3.8, 4) is 23.0 Å². The standard InChI is InChI=1S/C28H29N3O7/c1-4-15-37-22-12-7-20(8-13-22)27(33)29-18-26(32)31-30-17-19-5-10-23(11-6-19)38-28(34)21-9-14-24(35-2)25(16-21)36-3/h5-14,16-17H,4,15,18H2,1-3H3,(H,29,33)(H,31,32). The third-order valence-electron chi connectivity index (χ3n) is 5.11. The van der Waals surface area contributed by atoms with Crippen LogP contribution in [-0.4, -0.2) is 51.4 Å². The average molecular weight is 520 g/mol. The summed E-state index contributed by atoms with van der Waals surface area (Å²) < 4.78 is 21.2. The number of benzene rings is 3. The molecule has 2 N–H and O–H groups in total. The van der Waals surface area contributed by atoms with Gasteiger partial charge in [0.15, 0.2) is 11.5 Å². The number of amides is 2. The second kappa shape index (κ2) is 14.0. The maximum Gasteiger partial charge on any atom is 0.343 e. The zero-order valence-corrected chi connectivity index (χ0v) is 21.4. The molecule has 0 aromatic heterocycles. The topological polar surface area (TPSA) is 125 Å². The Balaban J connectivity index is 1.44. The molecule has 3 rings (SSSR count). The minimum atomic E-state index is -0.553. The van der Waals surface area contributed by atoms with E-state index in [4.69, 9.17) is 18.9 Å². The lowest BCUT2D eigenvalue weighted by Gasteiger charge is -2.09. The molecule has 2 amide bonds. The smallest absolute Gasteiger partial charge is 0.343 e. The Labute approximate surface area is 220 Å². The number of carbonyl (C=O) groups excluding carboxylic acids is 3. The molecule has 0 spiro atoms. The number of rotatable bonds is 12. The Hall–Kier alpha value is -4.86. The van der Waals surface area contributed by atoms with E-state index in [2.05, 4.69) is 15.8 Å². The van der Waals surface area contributed by atoms with Gasteiger partial charge in [-0.15, -0.1) is 0 Å². The number of hydrazone groups is 1. The maximum absolute atomic E-state index is 12.4. The minimum absolute atomic E-state index is 0.241. The van der Waals surface area contributed by atoms with Crippen molar-refractivity contribution in [1.82, 2.24) is 10.7 Å². The summed E-state index contributed by atoms with van der Waals surface area (Å²) in [6.07, 6.45) is 2.32. The molecule has 0 fully saturated rings. The summed E-state index contributed by atoms with van der Waals surface area (Å²) in [6, 6.07) is 17.9. The van der Waals surface area contributed by atoms with E-state index in [-0.39, 0.29) is 12.5 Å². The van der Waals surface area contributed by atoms with Gasteiger partial charge in [-0.05, 0) is 78.7 Å². The summed E-state index contributed by atoms with van der Waals surface area (Å²) in [6.45, 7) is 2.37. The van der Waals surface area contributed by atoms with Crippen LogP contribution in [0.15, 0.2) is 71.8 Å². The first-order valence-corrected chi connectivity index (χ1v) is 11.8. The molecule has 0 aliphatic heterocycles. The van der Waals surface area contributed by atoms with Gasteiger partial charge in [0.2, 0.25) is 0 Å². The molecule has 3 aromatic rings. The molecule has 0 aliphatic carbocycles. The molecule has 0 saturated carbocycles. The van der Waals surface area contributed by atoms with Crippen LogP contribution in [0.5, 0.6) is 23.0 Å². The molecule has 3 aromatic carbocycles. The van der Waals surface area contributed by atoms with Crippen LogP contribution in [0.2, 0.25) is 0 Å². The van der Waals surface area contributed by atoms with Crippen molar-refractivity contribution < 1.29 is 33.3 Å². The van der Waals surface area contributed by atoms with E-state index >= 15 is 0 Å². The second-order valence-corrected chi connectivity index (χ2v) is 7.88. The summed E-state index contributed by atoms with van der Waals surface area (Å²) in [4.78, 5) is 36.7. The highest BCUT2D eigenvalue weighted by atomic mass is 16.5. The number of hydrogen-bond donors (Lipinski definition) is 2. The van der Waals surface area contributed by atoms with Crippen LogP contribution in [0.25, 0.3) is 0 Å². The predicted molar refractivity (Wildman–Crippen MR) is 141 cm³/mol.